The highest BCUT2D eigenvalue weighted by molar-refractivity contribution is 5.26. The number of halogens is 3. The fraction of sp³-hybridized carbons (Fsp3) is 0.333. The van der Waals surface area contributed by atoms with Crippen molar-refractivity contribution in [3.63, 3.8) is 0 Å². The summed E-state index contributed by atoms with van der Waals surface area (Å²) >= 11 is 0. The highest BCUT2D eigenvalue weighted by atomic mass is 19.4. The number of alkyl halides is 3. The summed E-state index contributed by atoms with van der Waals surface area (Å²) in [6, 6.07) is 4.74. The molecule has 1 aromatic rings. The third kappa shape index (κ3) is 3.38. The fourth-order valence-corrected chi connectivity index (χ4v) is 1.38. The molecular formula is C12H14F3N. The van der Waals surface area contributed by atoms with Crippen LogP contribution in [0.15, 0.2) is 36.9 Å². The van der Waals surface area contributed by atoms with Gasteiger partial charge in [0.05, 0.1) is 5.56 Å². The second-order valence-electron chi connectivity index (χ2n) is 3.59. The van der Waals surface area contributed by atoms with E-state index in [1.807, 2.05) is 0 Å². The van der Waals surface area contributed by atoms with Gasteiger partial charge < -0.3 is 5.73 Å². The lowest BCUT2D eigenvalue weighted by Gasteiger charge is -2.12. The van der Waals surface area contributed by atoms with Gasteiger partial charge in [-0.1, -0.05) is 18.2 Å². The first-order valence-corrected chi connectivity index (χ1v) is 4.99. The summed E-state index contributed by atoms with van der Waals surface area (Å²) in [7, 11) is 0. The van der Waals surface area contributed by atoms with Crippen molar-refractivity contribution < 1.29 is 13.2 Å². The van der Waals surface area contributed by atoms with Crippen molar-refractivity contribution in [1.29, 1.82) is 0 Å². The van der Waals surface area contributed by atoms with Gasteiger partial charge >= 0.3 is 6.18 Å². The Balaban J connectivity index is 2.74. The molecule has 0 aromatic heterocycles. The van der Waals surface area contributed by atoms with E-state index in [1.165, 1.54) is 12.1 Å². The van der Waals surface area contributed by atoms with E-state index in [2.05, 4.69) is 6.58 Å². The van der Waals surface area contributed by atoms with E-state index < -0.39 is 11.7 Å². The maximum absolute atomic E-state index is 12.3. The van der Waals surface area contributed by atoms with Gasteiger partial charge in [0.25, 0.3) is 0 Å². The van der Waals surface area contributed by atoms with Crippen molar-refractivity contribution in [2.24, 2.45) is 5.73 Å². The fourth-order valence-electron chi connectivity index (χ4n) is 1.38. The third-order valence-corrected chi connectivity index (χ3v) is 2.35. The van der Waals surface area contributed by atoms with Crippen molar-refractivity contribution in [1.82, 2.24) is 0 Å². The second-order valence-corrected chi connectivity index (χ2v) is 3.59. The van der Waals surface area contributed by atoms with Crippen LogP contribution in [0.4, 0.5) is 13.2 Å². The molecule has 0 radical (unpaired) electrons. The van der Waals surface area contributed by atoms with Crippen LogP contribution >= 0.6 is 0 Å². The molecule has 4 heteroatoms. The summed E-state index contributed by atoms with van der Waals surface area (Å²) in [5.41, 5.74) is 5.88. The molecule has 0 heterocycles. The van der Waals surface area contributed by atoms with E-state index in [0.717, 1.165) is 24.1 Å². The predicted molar refractivity (Wildman–Crippen MR) is 57.8 cm³/mol. The Morgan fingerprint density at radius 1 is 1.25 bits per heavy atom. The smallest absolute Gasteiger partial charge is 0.324 e. The molecule has 0 spiro atoms. The zero-order valence-corrected chi connectivity index (χ0v) is 8.80. The van der Waals surface area contributed by atoms with Crippen molar-refractivity contribution in [2.75, 3.05) is 0 Å². The maximum Gasteiger partial charge on any atom is 0.416 e. The lowest BCUT2D eigenvalue weighted by molar-refractivity contribution is -0.137. The summed E-state index contributed by atoms with van der Waals surface area (Å²) in [5.74, 6) is 0. The normalized spacial score (nSPS) is 13.5. The van der Waals surface area contributed by atoms with Gasteiger partial charge in [0.15, 0.2) is 0 Å². The molecular weight excluding hydrogens is 215 g/mol. The molecule has 16 heavy (non-hydrogen) atoms. The number of hydrogen-bond acceptors (Lipinski definition) is 1. The third-order valence-electron chi connectivity index (χ3n) is 2.35. The van der Waals surface area contributed by atoms with Gasteiger partial charge in [0.1, 0.15) is 0 Å². The molecule has 2 N–H and O–H groups in total. The Morgan fingerprint density at radius 3 is 2.25 bits per heavy atom. The van der Waals surface area contributed by atoms with Crippen LogP contribution in [-0.4, -0.2) is 0 Å². The summed E-state index contributed by atoms with van der Waals surface area (Å²) < 4.78 is 36.8. The summed E-state index contributed by atoms with van der Waals surface area (Å²) in [6.45, 7) is 3.57. The average Bonchev–Trinajstić information content (AvgIpc) is 2.25. The van der Waals surface area contributed by atoms with Gasteiger partial charge in [-0.2, -0.15) is 13.2 Å². The van der Waals surface area contributed by atoms with Gasteiger partial charge in [-0.05, 0) is 30.5 Å². The van der Waals surface area contributed by atoms with Crippen LogP contribution in [-0.2, 0) is 6.18 Å². The van der Waals surface area contributed by atoms with Gasteiger partial charge in [-0.3, -0.25) is 0 Å². The number of rotatable bonds is 4. The maximum atomic E-state index is 12.3. The molecule has 0 fully saturated rings. The SMILES string of the molecule is C=CCCC(N)c1ccc(C(F)(F)F)cc1. The minimum absolute atomic E-state index is 0.236. The van der Waals surface area contributed by atoms with E-state index in [1.54, 1.807) is 6.08 Å². The lowest BCUT2D eigenvalue weighted by atomic mass is 10.0. The molecule has 1 atom stereocenters. The van der Waals surface area contributed by atoms with Gasteiger partial charge in [0, 0.05) is 6.04 Å². The van der Waals surface area contributed by atoms with Crippen LogP contribution in [0.1, 0.15) is 30.0 Å². The molecule has 1 aromatic carbocycles. The highest BCUT2D eigenvalue weighted by Gasteiger charge is 2.30. The predicted octanol–water partition coefficient (Wildman–Crippen LogP) is 3.67. The zero-order chi connectivity index (χ0) is 12.2. The first kappa shape index (κ1) is 12.8. The minimum atomic E-state index is -4.29. The van der Waals surface area contributed by atoms with Crippen molar-refractivity contribution in [3.05, 3.63) is 48.0 Å². The Hall–Kier alpha value is -1.29. The van der Waals surface area contributed by atoms with E-state index in [9.17, 15) is 13.2 Å². The number of nitrogens with two attached hydrogens (primary N) is 1. The summed E-state index contributed by atoms with van der Waals surface area (Å²) in [6.07, 6.45) is -1.11. The van der Waals surface area contributed by atoms with Gasteiger partial charge in [-0.25, -0.2) is 0 Å². The van der Waals surface area contributed by atoms with Crippen LogP contribution < -0.4 is 5.73 Å². The quantitative estimate of drug-likeness (QED) is 0.783. The summed E-state index contributed by atoms with van der Waals surface area (Å²) in [4.78, 5) is 0. The molecule has 1 unspecified atom stereocenters. The van der Waals surface area contributed by atoms with Crippen LogP contribution in [0.5, 0.6) is 0 Å². The lowest BCUT2D eigenvalue weighted by Crippen LogP contribution is -2.11. The largest absolute Gasteiger partial charge is 0.416 e. The van der Waals surface area contributed by atoms with Crippen LogP contribution in [0.3, 0.4) is 0 Å². The standard InChI is InChI=1S/C12H14F3N/c1-2-3-4-11(16)9-5-7-10(8-6-9)12(13,14)15/h2,5-8,11H,1,3-4,16H2. The zero-order valence-electron chi connectivity index (χ0n) is 8.80. The molecule has 0 amide bonds. The first-order chi connectivity index (χ1) is 7.45. The van der Waals surface area contributed by atoms with E-state index >= 15 is 0 Å². The molecule has 0 aliphatic heterocycles. The Bertz CT molecular complexity index is 340. The average molecular weight is 229 g/mol. The number of hydrogen-bond donors (Lipinski definition) is 1. The summed E-state index contributed by atoms with van der Waals surface area (Å²) in [5, 5.41) is 0. The van der Waals surface area contributed by atoms with Gasteiger partial charge in [0.2, 0.25) is 0 Å². The minimum Gasteiger partial charge on any atom is -0.324 e. The Kier molecular flexibility index (Phi) is 4.12. The molecule has 1 rings (SSSR count). The molecule has 0 aliphatic carbocycles. The van der Waals surface area contributed by atoms with Crippen molar-refractivity contribution in [2.45, 2.75) is 25.1 Å². The molecule has 0 bridgehead atoms. The van der Waals surface area contributed by atoms with Crippen molar-refractivity contribution >= 4 is 0 Å². The molecule has 0 saturated carbocycles. The monoisotopic (exact) mass is 229 g/mol. The highest BCUT2D eigenvalue weighted by Crippen LogP contribution is 2.30. The van der Waals surface area contributed by atoms with Crippen LogP contribution in [0.25, 0.3) is 0 Å². The molecule has 88 valence electrons. The van der Waals surface area contributed by atoms with Crippen molar-refractivity contribution in [3.8, 4) is 0 Å². The Morgan fingerprint density at radius 2 is 1.81 bits per heavy atom. The van der Waals surface area contributed by atoms with Crippen LogP contribution in [0.2, 0.25) is 0 Å². The van der Waals surface area contributed by atoms with E-state index in [0.29, 0.717) is 6.42 Å². The first-order valence-electron chi connectivity index (χ1n) is 4.99. The van der Waals surface area contributed by atoms with Gasteiger partial charge in [-0.15, -0.1) is 6.58 Å². The number of benzene rings is 1. The number of allylic oxidation sites excluding steroid dienone is 1. The Labute approximate surface area is 92.8 Å². The second kappa shape index (κ2) is 5.16. The van der Waals surface area contributed by atoms with E-state index in [-0.39, 0.29) is 6.04 Å². The molecule has 0 aliphatic rings. The van der Waals surface area contributed by atoms with Crippen LogP contribution in [0, 0.1) is 0 Å². The van der Waals surface area contributed by atoms with E-state index in [4.69, 9.17) is 5.73 Å². The molecule has 0 saturated heterocycles. The molecule has 1 nitrogen and oxygen atoms in total. The topological polar surface area (TPSA) is 26.0 Å².